The predicted molar refractivity (Wildman–Crippen MR) is 84.3 cm³/mol. The minimum absolute atomic E-state index is 0.225. The molecule has 0 spiro atoms. The van der Waals surface area contributed by atoms with Crippen LogP contribution in [0.15, 0.2) is 18.2 Å². The molecule has 0 bridgehead atoms. The van der Waals surface area contributed by atoms with E-state index in [0.717, 1.165) is 17.1 Å². The first-order chi connectivity index (χ1) is 10.5. The van der Waals surface area contributed by atoms with Crippen molar-refractivity contribution in [3.05, 3.63) is 23.8 Å². The third-order valence-electron chi connectivity index (χ3n) is 3.61. The zero-order valence-corrected chi connectivity index (χ0v) is 13.5. The Morgan fingerprint density at radius 2 is 2.09 bits per heavy atom. The normalized spacial score (nSPS) is 17.4. The van der Waals surface area contributed by atoms with Gasteiger partial charge < -0.3 is 24.6 Å². The van der Waals surface area contributed by atoms with Gasteiger partial charge in [-0.1, -0.05) is 0 Å². The molecule has 0 aromatic heterocycles. The van der Waals surface area contributed by atoms with Crippen LogP contribution in [0.4, 0.5) is 0 Å². The van der Waals surface area contributed by atoms with Gasteiger partial charge in [0.25, 0.3) is 0 Å². The average Bonchev–Trinajstić information content (AvgIpc) is 2.43. The van der Waals surface area contributed by atoms with Crippen LogP contribution >= 0.6 is 0 Å². The van der Waals surface area contributed by atoms with Crippen LogP contribution in [0, 0.1) is 0 Å². The molecule has 0 saturated carbocycles. The molecule has 124 valence electrons. The lowest BCUT2D eigenvalue weighted by Crippen LogP contribution is -2.49. The topological polar surface area (TPSA) is 65.4 Å². The second-order valence-electron chi connectivity index (χ2n) is 6.05. The lowest BCUT2D eigenvalue weighted by molar-refractivity contribution is -0.00354. The number of benzene rings is 1. The fourth-order valence-corrected chi connectivity index (χ4v) is 2.52. The molecule has 0 radical (unpaired) electrons. The second kappa shape index (κ2) is 7.78. The standard InChI is InChI=1S/C16H26N2O4/c1-17(2)8-14(20)11-22-16-5-4-15(21-3)6-12(16)7-18-9-13(19)10-18/h4-6,13-14,19-20H,7-11H2,1-3H3/t14-/m1/s1. The van der Waals surface area contributed by atoms with Crippen LogP contribution in [0.25, 0.3) is 0 Å². The molecule has 2 rings (SSSR count). The largest absolute Gasteiger partial charge is 0.497 e. The lowest BCUT2D eigenvalue weighted by atomic mass is 10.1. The molecule has 0 amide bonds. The smallest absolute Gasteiger partial charge is 0.124 e. The Kier molecular flexibility index (Phi) is 6.02. The Morgan fingerprint density at radius 3 is 2.68 bits per heavy atom. The number of hydrogen-bond donors (Lipinski definition) is 2. The van der Waals surface area contributed by atoms with Crippen molar-refractivity contribution >= 4 is 0 Å². The van der Waals surface area contributed by atoms with E-state index < -0.39 is 6.10 Å². The summed E-state index contributed by atoms with van der Waals surface area (Å²) in [4.78, 5) is 4.06. The van der Waals surface area contributed by atoms with Crippen molar-refractivity contribution in [2.24, 2.45) is 0 Å². The van der Waals surface area contributed by atoms with Crippen LogP contribution in [-0.2, 0) is 6.54 Å². The van der Waals surface area contributed by atoms with Crippen molar-refractivity contribution in [2.75, 3.05) is 47.4 Å². The van der Waals surface area contributed by atoms with Gasteiger partial charge in [-0.05, 0) is 32.3 Å². The molecular formula is C16H26N2O4. The van der Waals surface area contributed by atoms with Crippen LogP contribution in [-0.4, -0.2) is 79.7 Å². The van der Waals surface area contributed by atoms with Crippen molar-refractivity contribution in [3.8, 4) is 11.5 Å². The Morgan fingerprint density at radius 1 is 1.36 bits per heavy atom. The fourth-order valence-electron chi connectivity index (χ4n) is 2.52. The maximum atomic E-state index is 9.91. The number of aliphatic hydroxyl groups is 2. The molecule has 0 unspecified atom stereocenters. The van der Waals surface area contributed by atoms with E-state index in [1.54, 1.807) is 7.11 Å². The third-order valence-corrected chi connectivity index (χ3v) is 3.61. The molecule has 1 aliphatic rings. The van der Waals surface area contributed by atoms with E-state index in [1.807, 2.05) is 37.2 Å². The van der Waals surface area contributed by atoms with Crippen LogP contribution in [0.2, 0.25) is 0 Å². The van der Waals surface area contributed by atoms with Gasteiger partial charge in [-0.15, -0.1) is 0 Å². The van der Waals surface area contributed by atoms with Crippen molar-refractivity contribution < 1.29 is 19.7 Å². The molecule has 1 aliphatic heterocycles. The first-order valence-corrected chi connectivity index (χ1v) is 7.51. The van der Waals surface area contributed by atoms with Gasteiger partial charge in [-0.2, -0.15) is 0 Å². The number of rotatable bonds is 8. The van der Waals surface area contributed by atoms with Gasteiger partial charge in [0.05, 0.1) is 13.2 Å². The number of β-amino-alcohol motifs (C(OH)–C–C–N with tert-alkyl or cyclic N) is 1. The Labute approximate surface area is 131 Å². The van der Waals surface area contributed by atoms with Gasteiger partial charge in [-0.3, -0.25) is 4.90 Å². The van der Waals surface area contributed by atoms with Crippen molar-refractivity contribution in [1.82, 2.24) is 9.80 Å². The summed E-state index contributed by atoms with van der Waals surface area (Å²) < 4.78 is 11.0. The highest BCUT2D eigenvalue weighted by molar-refractivity contribution is 5.40. The number of methoxy groups -OCH3 is 1. The van der Waals surface area contributed by atoms with E-state index in [-0.39, 0.29) is 12.7 Å². The van der Waals surface area contributed by atoms with Gasteiger partial charge in [-0.25, -0.2) is 0 Å². The number of aliphatic hydroxyl groups excluding tert-OH is 2. The molecule has 6 nitrogen and oxygen atoms in total. The maximum absolute atomic E-state index is 9.91. The molecule has 22 heavy (non-hydrogen) atoms. The molecule has 6 heteroatoms. The Balaban J connectivity index is 1.99. The second-order valence-corrected chi connectivity index (χ2v) is 6.05. The predicted octanol–water partition coefficient (Wildman–Crippen LogP) is 0.173. The van der Waals surface area contributed by atoms with Gasteiger partial charge in [0.1, 0.15) is 24.2 Å². The molecule has 1 aromatic carbocycles. The van der Waals surface area contributed by atoms with E-state index in [4.69, 9.17) is 9.47 Å². The maximum Gasteiger partial charge on any atom is 0.124 e. The molecule has 1 aromatic rings. The number of nitrogens with zero attached hydrogens (tertiary/aromatic N) is 2. The fraction of sp³-hybridized carbons (Fsp3) is 0.625. The SMILES string of the molecule is COc1ccc(OC[C@H](O)CN(C)C)c(CN2CC(O)C2)c1. The van der Waals surface area contributed by atoms with E-state index in [2.05, 4.69) is 4.90 Å². The number of hydrogen-bond acceptors (Lipinski definition) is 6. The third kappa shape index (κ3) is 4.84. The number of likely N-dealkylation sites (N-methyl/N-ethyl adjacent to an activating group) is 1. The summed E-state index contributed by atoms with van der Waals surface area (Å²) in [5.74, 6) is 1.53. The highest BCUT2D eigenvalue weighted by Gasteiger charge is 2.25. The van der Waals surface area contributed by atoms with Crippen LogP contribution in [0.3, 0.4) is 0 Å². The van der Waals surface area contributed by atoms with Crippen LogP contribution in [0.1, 0.15) is 5.56 Å². The molecule has 1 atom stereocenters. The lowest BCUT2D eigenvalue weighted by Gasteiger charge is -2.36. The zero-order chi connectivity index (χ0) is 16.1. The molecule has 0 aliphatic carbocycles. The van der Waals surface area contributed by atoms with E-state index in [1.165, 1.54) is 0 Å². The van der Waals surface area contributed by atoms with E-state index >= 15 is 0 Å². The molecular weight excluding hydrogens is 284 g/mol. The van der Waals surface area contributed by atoms with Crippen molar-refractivity contribution in [3.63, 3.8) is 0 Å². The Bertz CT molecular complexity index is 475. The van der Waals surface area contributed by atoms with Crippen LogP contribution in [0.5, 0.6) is 11.5 Å². The van der Waals surface area contributed by atoms with Gasteiger partial charge in [0, 0.05) is 31.7 Å². The summed E-state index contributed by atoms with van der Waals surface area (Å²) in [7, 11) is 5.46. The first kappa shape index (κ1) is 17.0. The quantitative estimate of drug-likeness (QED) is 0.714. The first-order valence-electron chi connectivity index (χ1n) is 7.51. The summed E-state index contributed by atoms with van der Waals surface area (Å²) >= 11 is 0. The van der Waals surface area contributed by atoms with E-state index in [9.17, 15) is 10.2 Å². The van der Waals surface area contributed by atoms with Gasteiger partial charge >= 0.3 is 0 Å². The minimum Gasteiger partial charge on any atom is -0.497 e. The zero-order valence-electron chi connectivity index (χ0n) is 13.5. The summed E-state index contributed by atoms with van der Waals surface area (Å²) in [6, 6.07) is 5.66. The average molecular weight is 310 g/mol. The molecule has 1 saturated heterocycles. The molecule has 1 heterocycles. The van der Waals surface area contributed by atoms with Crippen molar-refractivity contribution in [2.45, 2.75) is 18.8 Å². The van der Waals surface area contributed by atoms with Crippen LogP contribution < -0.4 is 9.47 Å². The van der Waals surface area contributed by atoms with Gasteiger partial charge in [0.2, 0.25) is 0 Å². The summed E-state index contributed by atoms with van der Waals surface area (Å²) in [6.07, 6.45) is -0.757. The molecule has 1 fully saturated rings. The monoisotopic (exact) mass is 310 g/mol. The van der Waals surface area contributed by atoms with Crippen molar-refractivity contribution in [1.29, 1.82) is 0 Å². The molecule has 2 N–H and O–H groups in total. The number of ether oxygens (including phenoxy) is 2. The summed E-state index contributed by atoms with van der Waals surface area (Å²) in [6.45, 7) is 2.87. The Hall–Kier alpha value is -1.34. The number of likely N-dealkylation sites (tertiary alicyclic amines) is 1. The van der Waals surface area contributed by atoms with E-state index in [0.29, 0.717) is 26.2 Å². The highest BCUT2D eigenvalue weighted by atomic mass is 16.5. The highest BCUT2D eigenvalue weighted by Crippen LogP contribution is 2.27. The summed E-state index contributed by atoms with van der Waals surface area (Å²) in [5, 5.41) is 19.3. The van der Waals surface area contributed by atoms with Gasteiger partial charge in [0.15, 0.2) is 0 Å². The summed E-state index contributed by atoms with van der Waals surface area (Å²) in [5.41, 5.74) is 1.00. The minimum atomic E-state index is -0.532.